The summed E-state index contributed by atoms with van der Waals surface area (Å²) in [6.45, 7) is 6.34. The number of hydrogen-bond acceptors (Lipinski definition) is 3. The molecule has 0 spiro atoms. The van der Waals surface area contributed by atoms with Crippen molar-refractivity contribution in [2.75, 3.05) is 24.5 Å². The molecule has 3 rings (SSSR count). The van der Waals surface area contributed by atoms with Crippen molar-refractivity contribution in [3.63, 3.8) is 0 Å². The highest BCUT2D eigenvalue weighted by Crippen LogP contribution is 2.29. The third kappa shape index (κ3) is 3.67. The lowest BCUT2D eigenvalue weighted by Gasteiger charge is -2.30. The third-order valence-electron chi connectivity index (χ3n) is 4.72. The summed E-state index contributed by atoms with van der Waals surface area (Å²) in [7, 11) is 0. The number of nitrogens with zero attached hydrogens (tertiary/aromatic N) is 1. The Labute approximate surface area is 143 Å². The van der Waals surface area contributed by atoms with Crippen molar-refractivity contribution < 1.29 is 9.59 Å². The molecule has 23 heavy (non-hydrogen) atoms. The Balaban J connectivity index is 0.00000192. The maximum atomic E-state index is 12.5. The molecule has 0 aliphatic carbocycles. The first-order chi connectivity index (χ1) is 10.6. The Morgan fingerprint density at radius 1 is 1.35 bits per heavy atom. The second kappa shape index (κ2) is 7.32. The summed E-state index contributed by atoms with van der Waals surface area (Å²) >= 11 is 0. The smallest absolute Gasteiger partial charge is 0.251 e. The van der Waals surface area contributed by atoms with Crippen molar-refractivity contribution in [1.82, 2.24) is 10.6 Å². The van der Waals surface area contributed by atoms with Crippen LogP contribution in [0.3, 0.4) is 0 Å². The highest BCUT2D eigenvalue weighted by atomic mass is 35.5. The molecule has 2 heterocycles. The van der Waals surface area contributed by atoms with E-state index in [9.17, 15) is 9.59 Å². The molecule has 5 nitrogen and oxygen atoms in total. The van der Waals surface area contributed by atoms with E-state index in [4.69, 9.17) is 0 Å². The number of anilines is 1. The molecule has 1 fully saturated rings. The summed E-state index contributed by atoms with van der Waals surface area (Å²) in [5, 5.41) is 6.49. The average Bonchev–Trinajstić information content (AvgIpc) is 2.92. The molecule has 2 aliphatic rings. The molecule has 6 heteroatoms. The average molecular weight is 338 g/mol. The van der Waals surface area contributed by atoms with E-state index in [0.29, 0.717) is 18.0 Å². The molecule has 1 saturated heterocycles. The first kappa shape index (κ1) is 17.8. The Hall–Kier alpha value is -1.59. The van der Waals surface area contributed by atoms with Gasteiger partial charge in [0.2, 0.25) is 5.91 Å². The van der Waals surface area contributed by atoms with Crippen molar-refractivity contribution in [3.05, 3.63) is 29.3 Å². The molecule has 0 bridgehead atoms. The van der Waals surface area contributed by atoms with Crippen LogP contribution < -0.4 is 15.5 Å². The summed E-state index contributed by atoms with van der Waals surface area (Å²) in [5.74, 6) is 0.489. The van der Waals surface area contributed by atoms with Gasteiger partial charge in [-0.25, -0.2) is 0 Å². The predicted octanol–water partition coefficient (Wildman–Crippen LogP) is 1.75. The second-order valence-electron chi connectivity index (χ2n) is 6.31. The fraction of sp³-hybridized carbons (Fsp3) is 0.529. The fourth-order valence-corrected chi connectivity index (χ4v) is 3.35. The van der Waals surface area contributed by atoms with Gasteiger partial charge in [-0.05, 0) is 55.6 Å². The number of piperidine rings is 1. The fourth-order valence-electron chi connectivity index (χ4n) is 3.35. The van der Waals surface area contributed by atoms with Gasteiger partial charge in [-0.15, -0.1) is 12.4 Å². The molecular formula is C17H24ClN3O2. The van der Waals surface area contributed by atoms with Crippen molar-refractivity contribution >= 4 is 29.9 Å². The van der Waals surface area contributed by atoms with Gasteiger partial charge in [-0.1, -0.05) is 6.92 Å². The molecule has 2 unspecified atom stereocenters. The summed E-state index contributed by atoms with van der Waals surface area (Å²) in [5.41, 5.74) is 2.72. The van der Waals surface area contributed by atoms with E-state index in [-0.39, 0.29) is 30.3 Å². The summed E-state index contributed by atoms with van der Waals surface area (Å²) < 4.78 is 0. The highest BCUT2D eigenvalue weighted by molar-refractivity contribution is 5.98. The SMILES string of the molecule is CC(=O)N1CCc2cc(C(=O)NC3CCNCC3C)ccc21.Cl. The molecule has 1 aromatic carbocycles. The number of benzene rings is 1. The molecule has 1 aromatic rings. The van der Waals surface area contributed by atoms with Crippen LogP contribution in [-0.2, 0) is 11.2 Å². The molecule has 2 N–H and O–H groups in total. The molecular weight excluding hydrogens is 314 g/mol. The Kier molecular flexibility index (Phi) is 5.65. The van der Waals surface area contributed by atoms with Crippen molar-refractivity contribution in [2.45, 2.75) is 32.7 Å². The lowest BCUT2D eigenvalue weighted by atomic mass is 9.95. The molecule has 0 radical (unpaired) electrons. The van der Waals surface area contributed by atoms with Crippen LogP contribution in [-0.4, -0.2) is 37.5 Å². The summed E-state index contributed by atoms with van der Waals surface area (Å²) in [6, 6.07) is 5.88. The van der Waals surface area contributed by atoms with Crippen LogP contribution in [0.2, 0.25) is 0 Å². The maximum absolute atomic E-state index is 12.5. The molecule has 126 valence electrons. The molecule has 0 saturated carbocycles. The third-order valence-corrected chi connectivity index (χ3v) is 4.72. The van der Waals surface area contributed by atoms with Gasteiger partial charge >= 0.3 is 0 Å². The largest absolute Gasteiger partial charge is 0.349 e. The van der Waals surface area contributed by atoms with Crippen LogP contribution in [0.5, 0.6) is 0 Å². The van der Waals surface area contributed by atoms with E-state index < -0.39 is 0 Å². The quantitative estimate of drug-likeness (QED) is 0.864. The van der Waals surface area contributed by atoms with E-state index >= 15 is 0 Å². The molecule has 2 aliphatic heterocycles. The molecule has 2 atom stereocenters. The maximum Gasteiger partial charge on any atom is 0.251 e. The second-order valence-corrected chi connectivity index (χ2v) is 6.31. The zero-order chi connectivity index (χ0) is 15.7. The van der Waals surface area contributed by atoms with Crippen LogP contribution >= 0.6 is 12.4 Å². The molecule has 0 aromatic heterocycles. The van der Waals surface area contributed by atoms with Gasteiger partial charge in [-0.3, -0.25) is 9.59 Å². The van der Waals surface area contributed by atoms with Gasteiger partial charge in [-0.2, -0.15) is 0 Å². The number of fused-ring (bicyclic) bond motifs is 1. The predicted molar refractivity (Wildman–Crippen MR) is 93.3 cm³/mol. The van der Waals surface area contributed by atoms with Crippen LogP contribution in [0.4, 0.5) is 5.69 Å². The first-order valence-corrected chi connectivity index (χ1v) is 7.99. The van der Waals surface area contributed by atoms with E-state index in [1.54, 1.807) is 11.8 Å². The Bertz CT molecular complexity index is 606. The van der Waals surface area contributed by atoms with Crippen molar-refractivity contribution in [3.8, 4) is 0 Å². The number of nitrogens with one attached hydrogen (secondary N) is 2. The van der Waals surface area contributed by atoms with Crippen LogP contribution in [0.15, 0.2) is 18.2 Å². The van der Waals surface area contributed by atoms with Gasteiger partial charge in [0, 0.05) is 30.8 Å². The van der Waals surface area contributed by atoms with E-state index in [2.05, 4.69) is 17.6 Å². The van der Waals surface area contributed by atoms with E-state index in [0.717, 1.165) is 37.2 Å². The monoisotopic (exact) mass is 337 g/mol. The van der Waals surface area contributed by atoms with E-state index in [1.165, 1.54) is 0 Å². The zero-order valence-corrected chi connectivity index (χ0v) is 14.4. The minimum Gasteiger partial charge on any atom is -0.349 e. The highest BCUT2D eigenvalue weighted by Gasteiger charge is 2.25. The topological polar surface area (TPSA) is 61.4 Å². The number of rotatable bonds is 2. The number of carbonyl (C=O) groups excluding carboxylic acids is 2. The standard InChI is InChI=1S/C17H23N3O2.ClH/c1-11-10-18-7-5-15(11)19-17(22)14-3-4-16-13(9-14)6-8-20(16)12(2)21;/h3-4,9,11,15,18H,5-8,10H2,1-2H3,(H,19,22);1H. The number of carbonyl (C=O) groups is 2. The number of amides is 2. The minimum absolute atomic E-state index is 0. The minimum atomic E-state index is -0.0113. The van der Waals surface area contributed by atoms with Gasteiger partial charge in [0.25, 0.3) is 5.91 Å². The van der Waals surface area contributed by atoms with Gasteiger partial charge in [0.05, 0.1) is 0 Å². The number of halogens is 1. The summed E-state index contributed by atoms with van der Waals surface area (Å²) in [6.07, 6.45) is 1.79. The Morgan fingerprint density at radius 2 is 2.13 bits per heavy atom. The Morgan fingerprint density at radius 3 is 2.83 bits per heavy atom. The normalized spacial score (nSPS) is 23.0. The lowest BCUT2D eigenvalue weighted by molar-refractivity contribution is -0.116. The van der Waals surface area contributed by atoms with E-state index in [1.807, 2.05) is 18.2 Å². The number of hydrogen-bond donors (Lipinski definition) is 2. The van der Waals surface area contributed by atoms with Gasteiger partial charge < -0.3 is 15.5 Å². The molecule has 2 amide bonds. The zero-order valence-electron chi connectivity index (χ0n) is 13.6. The summed E-state index contributed by atoms with van der Waals surface area (Å²) in [4.78, 5) is 25.8. The lowest BCUT2D eigenvalue weighted by Crippen LogP contribution is -2.48. The van der Waals surface area contributed by atoms with Crippen molar-refractivity contribution in [1.29, 1.82) is 0 Å². The van der Waals surface area contributed by atoms with Crippen LogP contribution in [0.25, 0.3) is 0 Å². The van der Waals surface area contributed by atoms with Crippen molar-refractivity contribution in [2.24, 2.45) is 5.92 Å². The first-order valence-electron chi connectivity index (χ1n) is 7.99. The van der Waals surface area contributed by atoms with Gasteiger partial charge in [0.1, 0.15) is 0 Å². The van der Waals surface area contributed by atoms with Gasteiger partial charge in [0.15, 0.2) is 0 Å². The van der Waals surface area contributed by atoms with Crippen LogP contribution in [0, 0.1) is 5.92 Å². The van der Waals surface area contributed by atoms with Crippen LogP contribution in [0.1, 0.15) is 36.2 Å².